The monoisotopic (exact) mass is 308 g/mol. The first-order valence-corrected chi connectivity index (χ1v) is 9.04. The molecule has 21 heavy (non-hydrogen) atoms. The van der Waals surface area contributed by atoms with Gasteiger partial charge in [0.15, 0.2) is 0 Å². The Kier molecular flexibility index (Phi) is 3.36. The van der Waals surface area contributed by atoms with Crippen LogP contribution in [-0.2, 0) is 0 Å². The number of hydrogen-bond donors (Lipinski definition) is 0. The Bertz CT molecular complexity index is 868. The highest BCUT2D eigenvalue weighted by Gasteiger charge is 2.17. The molecule has 0 aliphatic carbocycles. The molecule has 1 aliphatic heterocycles. The van der Waals surface area contributed by atoms with Crippen LogP contribution in [0.2, 0.25) is 0 Å². The van der Waals surface area contributed by atoms with E-state index in [9.17, 15) is 0 Å². The summed E-state index contributed by atoms with van der Waals surface area (Å²) in [6, 6.07) is 13.4. The molecule has 1 aromatic heterocycles. The molecular formula is C19H16S2. The summed E-state index contributed by atoms with van der Waals surface area (Å²) in [5.41, 5.74) is 0. The van der Waals surface area contributed by atoms with E-state index < -0.39 is 0 Å². The summed E-state index contributed by atoms with van der Waals surface area (Å²) in [5.74, 6) is 1.53. The van der Waals surface area contributed by atoms with Crippen LogP contribution < -0.4 is 0 Å². The first-order valence-electron chi connectivity index (χ1n) is 7.24. The minimum Gasteiger partial charge on any atom is -0.138 e. The molecule has 0 saturated carbocycles. The number of benzene rings is 2. The zero-order valence-corrected chi connectivity index (χ0v) is 13.5. The summed E-state index contributed by atoms with van der Waals surface area (Å²) in [4.78, 5) is 2.98. The lowest BCUT2D eigenvalue weighted by molar-refractivity contribution is 0.974. The van der Waals surface area contributed by atoms with Gasteiger partial charge in [-0.25, -0.2) is 0 Å². The highest BCUT2D eigenvalue weighted by Crippen LogP contribution is 2.44. The molecule has 0 amide bonds. The molecule has 2 aromatic carbocycles. The molecule has 1 aliphatic rings. The van der Waals surface area contributed by atoms with Crippen molar-refractivity contribution < 1.29 is 0 Å². The average Bonchev–Trinajstić information content (AvgIpc) is 2.88. The van der Waals surface area contributed by atoms with Gasteiger partial charge in [-0.05, 0) is 22.9 Å². The largest absolute Gasteiger partial charge is 0.138 e. The molecule has 0 fully saturated rings. The smallest absolute Gasteiger partial charge is 0.0363 e. The first-order chi connectivity index (χ1) is 10.3. The fraction of sp³-hybridized carbons (Fsp3) is 0.158. The molecule has 0 radical (unpaired) electrons. The predicted octanol–water partition coefficient (Wildman–Crippen LogP) is 6.38. The number of allylic oxidation sites excluding steroid dienone is 3. The van der Waals surface area contributed by atoms with Gasteiger partial charge in [-0.15, -0.1) is 23.1 Å². The van der Waals surface area contributed by atoms with E-state index in [4.69, 9.17) is 0 Å². The number of thiophene rings is 1. The van der Waals surface area contributed by atoms with Gasteiger partial charge < -0.3 is 0 Å². The number of fused-ring (bicyclic) bond motifs is 4. The lowest BCUT2D eigenvalue weighted by Crippen LogP contribution is -1.86. The Labute approximate surface area is 133 Å². The Morgan fingerprint density at radius 3 is 2.71 bits per heavy atom. The summed E-state index contributed by atoms with van der Waals surface area (Å²) in [6.07, 6.45) is 8.89. The van der Waals surface area contributed by atoms with Crippen LogP contribution in [0.25, 0.3) is 20.9 Å². The molecule has 0 N–H and O–H groups in total. The third-order valence-corrected chi connectivity index (χ3v) is 6.49. The number of hydrogen-bond acceptors (Lipinski definition) is 2. The van der Waals surface area contributed by atoms with E-state index in [1.54, 1.807) is 0 Å². The van der Waals surface area contributed by atoms with Crippen molar-refractivity contribution >= 4 is 44.0 Å². The van der Waals surface area contributed by atoms with Gasteiger partial charge in [0.1, 0.15) is 0 Å². The van der Waals surface area contributed by atoms with Crippen LogP contribution in [0.15, 0.2) is 65.6 Å². The quantitative estimate of drug-likeness (QED) is 0.464. The topological polar surface area (TPSA) is 0 Å². The number of rotatable bonds is 0. The molecule has 0 bridgehead atoms. The summed E-state index contributed by atoms with van der Waals surface area (Å²) in [5, 5.41) is 4.10. The standard InChI is InChI=1S/C19H16S2/c1-13-7-3-2-6-10-20-19-16-11-14-8-4-5-9-15(14)12-17(16)21-18(13)19/h2-9,11-13H,10H2,1H3/b6-2-,7-3-. The molecule has 104 valence electrons. The molecule has 2 heteroatoms. The first kappa shape index (κ1) is 13.2. The van der Waals surface area contributed by atoms with Crippen molar-refractivity contribution in [2.75, 3.05) is 5.75 Å². The summed E-state index contributed by atoms with van der Waals surface area (Å²) >= 11 is 3.92. The van der Waals surface area contributed by atoms with Crippen LogP contribution in [0.5, 0.6) is 0 Å². The van der Waals surface area contributed by atoms with Gasteiger partial charge in [-0.2, -0.15) is 0 Å². The SMILES string of the molecule is CC1/C=C\C=C/CSc2c1sc1cc3ccccc3cc21. The fourth-order valence-corrected chi connectivity index (χ4v) is 5.37. The van der Waals surface area contributed by atoms with Gasteiger partial charge in [0.2, 0.25) is 0 Å². The second kappa shape index (κ2) is 5.36. The Morgan fingerprint density at radius 1 is 1.05 bits per heavy atom. The highest BCUT2D eigenvalue weighted by atomic mass is 32.2. The van der Waals surface area contributed by atoms with E-state index >= 15 is 0 Å². The maximum absolute atomic E-state index is 2.37. The number of thioether (sulfide) groups is 1. The normalized spacial score (nSPS) is 21.5. The van der Waals surface area contributed by atoms with Gasteiger partial charge in [0.25, 0.3) is 0 Å². The van der Waals surface area contributed by atoms with Crippen molar-refractivity contribution in [3.63, 3.8) is 0 Å². The minimum absolute atomic E-state index is 0.482. The zero-order valence-electron chi connectivity index (χ0n) is 11.9. The van der Waals surface area contributed by atoms with Crippen molar-refractivity contribution in [1.29, 1.82) is 0 Å². The molecule has 0 spiro atoms. The van der Waals surface area contributed by atoms with Crippen molar-refractivity contribution in [3.05, 3.63) is 65.6 Å². The Morgan fingerprint density at radius 2 is 1.86 bits per heavy atom. The van der Waals surface area contributed by atoms with E-state index in [2.05, 4.69) is 67.6 Å². The van der Waals surface area contributed by atoms with E-state index in [0.29, 0.717) is 5.92 Å². The van der Waals surface area contributed by atoms with Crippen molar-refractivity contribution in [2.45, 2.75) is 17.7 Å². The lowest BCUT2D eigenvalue weighted by atomic mass is 10.1. The minimum atomic E-state index is 0.482. The Hall–Kier alpha value is -1.51. The summed E-state index contributed by atoms with van der Waals surface area (Å²) < 4.78 is 1.41. The van der Waals surface area contributed by atoms with Crippen LogP contribution in [0.1, 0.15) is 17.7 Å². The second-order valence-electron chi connectivity index (χ2n) is 5.40. The Balaban J connectivity index is 2.01. The van der Waals surface area contributed by atoms with Crippen LogP contribution >= 0.6 is 23.1 Å². The summed E-state index contributed by atoms with van der Waals surface area (Å²) in [6.45, 7) is 2.30. The van der Waals surface area contributed by atoms with Crippen LogP contribution in [0, 0.1) is 0 Å². The van der Waals surface area contributed by atoms with E-state index in [0.717, 1.165) is 5.75 Å². The molecule has 4 rings (SSSR count). The predicted molar refractivity (Wildman–Crippen MR) is 96.8 cm³/mol. The van der Waals surface area contributed by atoms with Gasteiger partial charge >= 0.3 is 0 Å². The van der Waals surface area contributed by atoms with E-state index in [1.807, 2.05) is 23.1 Å². The highest BCUT2D eigenvalue weighted by molar-refractivity contribution is 7.99. The third kappa shape index (κ3) is 2.33. The van der Waals surface area contributed by atoms with Gasteiger partial charge in [0.05, 0.1) is 0 Å². The molecule has 2 heterocycles. The summed E-state index contributed by atoms with van der Waals surface area (Å²) in [7, 11) is 0. The van der Waals surface area contributed by atoms with Crippen molar-refractivity contribution in [2.24, 2.45) is 0 Å². The van der Waals surface area contributed by atoms with Crippen LogP contribution in [0.3, 0.4) is 0 Å². The molecule has 1 atom stereocenters. The second-order valence-corrected chi connectivity index (χ2v) is 7.52. The van der Waals surface area contributed by atoms with Gasteiger partial charge in [0, 0.05) is 31.5 Å². The molecular weight excluding hydrogens is 292 g/mol. The van der Waals surface area contributed by atoms with E-state index in [-0.39, 0.29) is 0 Å². The molecule has 0 nitrogen and oxygen atoms in total. The van der Waals surface area contributed by atoms with Crippen LogP contribution in [0.4, 0.5) is 0 Å². The van der Waals surface area contributed by atoms with Gasteiger partial charge in [-0.3, -0.25) is 0 Å². The fourth-order valence-electron chi connectivity index (χ4n) is 2.81. The molecule has 1 unspecified atom stereocenters. The van der Waals surface area contributed by atoms with Crippen molar-refractivity contribution in [3.8, 4) is 0 Å². The van der Waals surface area contributed by atoms with Gasteiger partial charge in [-0.1, -0.05) is 55.5 Å². The van der Waals surface area contributed by atoms with Crippen LogP contribution in [-0.4, -0.2) is 5.75 Å². The van der Waals surface area contributed by atoms with E-state index in [1.165, 1.54) is 30.6 Å². The third-order valence-electron chi connectivity index (χ3n) is 3.92. The van der Waals surface area contributed by atoms with Crippen molar-refractivity contribution in [1.82, 2.24) is 0 Å². The maximum atomic E-state index is 2.37. The molecule has 0 saturated heterocycles. The molecule has 3 aromatic rings. The lowest BCUT2D eigenvalue weighted by Gasteiger charge is -2.06. The average molecular weight is 308 g/mol. The zero-order chi connectivity index (χ0) is 14.2. The maximum Gasteiger partial charge on any atom is 0.0363 e.